The Morgan fingerprint density at radius 3 is 2.45 bits per heavy atom. The second-order valence-corrected chi connectivity index (χ2v) is 6.92. The Morgan fingerprint density at radius 1 is 1.27 bits per heavy atom. The standard InChI is InChI=1S/C15H27N3O4/c1-15(2,3)22-14(20)18-10-11(9-16)8-12(18)13(19)17-4-6-21-7-5-17/h11-12H,4-10,16H2,1-3H3/t11-,12-/m0/s1. The van der Waals surface area contributed by atoms with Crippen molar-refractivity contribution in [3.8, 4) is 0 Å². The van der Waals surface area contributed by atoms with Crippen LogP contribution in [0.15, 0.2) is 0 Å². The van der Waals surface area contributed by atoms with Crippen molar-refractivity contribution in [1.82, 2.24) is 9.80 Å². The van der Waals surface area contributed by atoms with Gasteiger partial charge in [-0.05, 0) is 39.7 Å². The lowest BCUT2D eigenvalue weighted by Gasteiger charge is -2.33. The molecular formula is C15H27N3O4. The summed E-state index contributed by atoms with van der Waals surface area (Å²) in [5.74, 6) is 0.118. The van der Waals surface area contributed by atoms with E-state index in [9.17, 15) is 9.59 Å². The Balaban J connectivity index is 2.08. The van der Waals surface area contributed by atoms with Crippen molar-refractivity contribution in [1.29, 1.82) is 0 Å². The summed E-state index contributed by atoms with van der Waals surface area (Å²) in [5.41, 5.74) is 5.16. The molecule has 2 aliphatic rings. The van der Waals surface area contributed by atoms with E-state index in [1.165, 1.54) is 0 Å². The number of carbonyl (C=O) groups excluding carboxylic acids is 2. The van der Waals surface area contributed by atoms with Gasteiger partial charge in [0.1, 0.15) is 11.6 Å². The average molecular weight is 313 g/mol. The van der Waals surface area contributed by atoms with Crippen molar-refractivity contribution >= 4 is 12.0 Å². The molecule has 7 heteroatoms. The van der Waals surface area contributed by atoms with Gasteiger partial charge in [-0.1, -0.05) is 0 Å². The second-order valence-electron chi connectivity index (χ2n) is 6.92. The van der Waals surface area contributed by atoms with Crippen molar-refractivity contribution in [2.45, 2.75) is 38.8 Å². The molecule has 126 valence electrons. The Morgan fingerprint density at radius 2 is 1.91 bits per heavy atom. The highest BCUT2D eigenvalue weighted by molar-refractivity contribution is 5.86. The van der Waals surface area contributed by atoms with E-state index in [1.807, 2.05) is 20.8 Å². The van der Waals surface area contributed by atoms with E-state index in [-0.39, 0.29) is 11.8 Å². The van der Waals surface area contributed by atoms with Gasteiger partial charge in [0.2, 0.25) is 5.91 Å². The molecule has 0 aromatic carbocycles. The lowest BCUT2D eigenvalue weighted by molar-refractivity contribution is -0.140. The van der Waals surface area contributed by atoms with Gasteiger partial charge in [0.15, 0.2) is 0 Å². The van der Waals surface area contributed by atoms with Crippen LogP contribution < -0.4 is 5.73 Å². The minimum absolute atomic E-state index is 0.0230. The van der Waals surface area contributed by atoms with Crippen LogP contribution in [0.5, 0.6) is 0 Å². The maximum atomic E-state index is 12.7. The fourth-order valence-electron chi connectivity index (χ4n) is 2.84. The zero-order valence-electron chi connectivity index (χ0n) is 13.7. The van der Waals surface area contributed by atoms with Crippen LogP contribution in [-0.4, -0.2) is 72.8 Å². The van der Waals surface area contributed by atoms with Crippen LogP contribution in [0.25, 0.3) is 0 Å². The summed E-state index contributed by atoms with van der Waals surface area (Å²) in [6, 6.07) is -0.471. The van der Waals surface area contributed by atoms with Crippen molar-refractivity contribution < 1.29 is 19.1 Å². The zero-order valence-corrected chi connectivity index (χ0v) is 13.7. The lowest BCUT2D eigenvalue weighted by atomic mass is 10.1. The van der Waals surface area contributed by atoms with Gasteiger partial charge in [0, 0.05) is 19.6 Å². The predicted molar refractivity (Wildman–Crippen MR) is 81.3 cm³/mol. The first-order chi connectivity index (χ1) is 10.3. The molecule has 2 atom stereocenters. The maximum absolute atomic E-state index is 12.7. The van der Waals surface area contributed by atoms with E-state index in [1.54, 1.807) is 9.80 Å². The molecule has 0 bridgehead atoms. The van der Waals surface area contributed by atoms with Crippen molar-refractivity contribution in [2.24, 2.45) is 11.7 Å². The summed E-state index contributed by atoms with van der Waals surface area (Å²) >= 11 is 0. The number of rotatable bonds is 2. The molecule has 2 fully saturated rings. The van der Waals surface area contributed by atoms with Gasteiger partial charge in [-0.2, -0.15) is 0 Å². The first-order valence-electron chi connectivity index (χ1n) is 7.88. The van der Waals surface area contributed by atoms with E-state index in [0.717, 1.165) is 0 Å². The SMILES string of the molecule is CC(C)(C)OC(=O)N1C[C@H](CN)C[C@H]1C(=O)N1CCOCC1. The fraction of sp³-hybridized carbons (Fsp3) is 0.867. The molecule has 2 heterocycles. The number of hydrogen-bond acceptors (Lipinski definition) is 5. The summed E-state index contributed by atoms with van der Waals surface area (Å²) in [6.45, 7) is 8.64. The third kappa shape index (κ3) is 4.10. The van der Waals surface area contributed by atoms with Gasteiger partial charge in [0.25, 0.3) is 0 Å². The molecule has 2 N–H and O–H groups in total. The number of carbonyl (C=O) groups is 2. The first kappa shape index (κ1) is 17.0. The number of likely N-dealkylation sites (tertiary alicyclic amines) is 1. The number of hydrogen-bond donors (Lipinski definition) is 1. The highest BCUT2D eigenvalue weighted by atomic mass is 16.6. The third-order valence-electron chi connectivity index (χ3n) is 3.96. The maximum Gasteiger partial charge on any atom is 0.410 e. The molecule has 0 unspecified atom stereocenters. The van der Waals surface area contributed by atoms with Crippen LogP contribution in [0.4, 0.5) is 4.79 Å². The van der Waals surface area contributed by atoms with Gasteiger partial charge in [-0.3, -0.25) is 9.69 Å². The highest BCUT2D eigenvalue weighted by Gasteiger charge is 2.42. The van der Waals surface area contributed by atoms with E-state index in [0.29, 0.717) is 45.8 Å². The van der Waals surface area contributed by atoms with Gasteiger partial charge < -0.3 is 20.1 Å². The monoisotopic (exact) mass is 313 g/mol. The van der Waals surface area contributed by atoms with E-state index in [4.69, 9.17) is 15.2 Å². The number of amides is 2. The Bertz CT molecular complexity index is 416. The number of morpholine rings is 1. The number of nitrogens with zero attached hydrogens (tertiary/aromatic N) is 2. The summed E-state index contributed by atoms with van der Waals surface area (Å²) < 4.78 is 10.7. The molecule has 7 nitrogen and oxygen atoms in total. The van der Waals surface area contributed by atoms with Gasteiger partial charge >= 0.3 is 6.09 Å². The van der Waals surface area contributed by atoms with Gasteiger partial charge in [-0.25, -0.2) is 4.79 Å². The van der Waals surface area contributed by atoms with Crippen molar-refractivity contribution in [3.05, 3.63) is 0 Å². The molecule has 0 saturated carbocycles. The zero-order chi connectivity index (χ0) is 16.3. The molecule has 2 aliphatic heterocycles. The summed E-state index contributed by atoms with van der Waals surface area (Å²) in [7, 11) is 0. The fourth-order valence-corrected chi connectivity index (χ4v) is 2.84. The summed E-state index contributed by atoms with van der Waals surface area (Å²) in [5, 5.41) is 0. The molecule has 22 heavy (non-hydrogen) atoms. The molecule has 0 aliphatic carbocycles. The minimum atomic E-state index is -0.579. The smallest absolute Gasteiger partial charge is 0.410 e. The first-order valence-corrected chi connectivity index (χ1v) is 7.88. The predicted octanol–water partition coefficient (Wildman–Crippen LogP) is 0.430. The van der Waals surface area contributed by atoms with Crippen molar-refractivity contribution in [3.63, 3.8) is 0 Å². The lowest BCUT2D eigenvalue weighted by Crippen LogP contribution is -2.51. The van der Waals surface area contributed by atoms with Crippen LogP contribution >= 0.6 is 0 Å². The minimum Gasteiger partial charge on any atom is -0.444 e. The largest absolute Gasteiger partial charge is 0.444 e. The normalized spacial score (nSPS) is 26.2. The highest BCUT2D eigenvalue weighted by Crippen LogP contribution is 2.26. The Hall–Kier alpha value is -1.34. The summed E-state index contributed by atoms with van der Waals surface area (Å²) in [4.78, 5) is 28.4. The molecule has 2 rings (SSSR count). The van der Waals surface area contributed by atoms with E-state index in [2.05, 4.69) is 0 Å². The van der Waals surface area contributed by atoms with Crippen molar-refractivity contribution in [2.75, 3.05) is 39.4 Å². The molecule has 0 aromatic heterocycles. The molecule has 2 amide bonds. The van der Waals surface area contributed by atoms with Crippen LogP contribution in [-0.2, 0) is 14.3 Å². The van der Waals surface area contributed by atoms with Crippen LogP contribution in [0.3, 0.4) is 0 Å². The molecule has 0 aromatic rings. The number of ether oxygens (including phenoxy) is 2. The Kier molecular flexibility index (Phi) is 5.28. The average Bonchev–Trinajstić information content (AvgIpc) is 2.90. The second kappa shape index (κ2) is 6.83. The molecule has 0 spiro atoms. The third-order valence-corrected chi connectivity index (χ3v) is 3.96. The van der Waals surface area contributed by atoms with Gasteiger partial charge in [-0.15, -0.1) is 0 Å². The topological polar surface area (TPSA) is 85.1 Å². The summed E-state index contributed by atoms with van der Waals surface area (Å²) in [6.07, 6.45) is 0.168. The molecular weight excluding hydrogens is 286 g/mol. The quantitative estimate of drug-likeness (QED) is 0.799. The van der Waals surface area contributed by atoms with Crippen LogP contribution in [0.1, 0.15) is 27.2 Å². The molecule has 0 radical (unpaired) electrons. The van der Waals surface area contributed by atoms with E-state index >= 15 is 0 Å². The number of nitrogens with two attached hydrogens (primary N) is 1. The van der Waals surface area contributed by atoms with Gasteiger partial charge in [0.05, 0.1) is 13.2 Å². The Labute approximate surface area is 131 Å². The van der Waals surface area contributed by atoms with Crippen LogP contribution in [0.2, 0.25) is 0 Å². The van der Waals surface area contributed by atoms with E-state index < -0.39 is 17.7 Å². The molecule has 2 saturated heterocycles. The van der Waals surface area contributed by atoms with Crippen LogP contribution in [0, 0.1) is 5.92 Å².